The van der Waals surface area contributed by atoms with Crippen molar-refractivity contribution in [1.82, 2.24) is 20.4 Å². The monoisotopic (exact) mass is 230 g/mol. The lowest BCUT2D eigenvalue weighted by molar-refractivity contribution is 0.228. The van der Waals surface area contributed by atoms with E-state index in [2.05, 4.69) is 20.4 Å². The first-order valence-electron chi connectivity index (χ1n) is 3.86. The van der Waals surface area contributed by atoms with Gasteiger partial charge in [0.25, 0.3) is 10.4 Å². The van der Waals surface area contributed by atoms with Crippen LogP contribution in [0.25, 0.3) is 0 Å². The van der Waals surface area contributed by atoms with Crippen LogP contribution in [-0.2, 0) is 13.2 Å². The lowest BCUT2D eigenvalue weighted by Crippen LogP contribution is -1.79. The fourth-order valence-electron chi connectivity index (χ4n) is 0.761. The highest BCUT2D eigenvalue weighted by Gasteiger charge is 2.12. The molecule has 2 aromatic heterocycles. The summed E-state index contributed by atoms with van der Waals surface area (Å²) >= 11 is 0.957. The normalized spacial score (nSPS) is 10.8. The van der Waals surface area contributed by atoms with E-state index in [0.717, 1.165) is 11.8 Å². The number of nitrogens with zero attached hydrogens (tertiary/aromatic N) is 4. The number of aliphatic hydroxyl groups is 2. The standard InChI is InChI=1S/C6H6N4O4S/c11-1-3-7-9-5(13-3)15-6-10-8-4(2-12)14-6/h11-12H,1-2H2. The third-order valence-corrected chi connectivity index (χ3v) is 2.02. The van der Waals surface area contributed by atoms with E-state index in [1.54, 1.807) is 0 Å². The average molecular weight is 230 g/mol. The topological polar surface area (TPSA) is 118 Å². The van der Waals surface area contributed by atoms with Crippen LogP contribution in [0.1, 0.15) is 11.8 Å². The van der Waals surface area contributed by atoms with Crippen molar-refractivity contribution in [3.63, 3.8) is 0 Å². The van der Waals surface area contributed by atoms with Crippen LogP contribution in [0.4, 0.5) is 0 Å². The number of rotatable bonds is 4. The summed E-state index contributed by atoms with van der Waals surface area (Å²) in [6.45, 7) is -0.640. The number of aromatic nitrogens is 4. The molecule has 80 valence electrons. The van der Waals surface area contributed by atoms with Gasteiger partial charge in [0.05, 0.1) is 0 Å². The Morgan fingerprint density at radius 3 is 1.67 bits per heavy atom. The predicted molar refractivity (Wildman–Crippen MR) is 44.6 cm³/mol. The van der Waals surface area contributed by atoms with Gasteiger partial charge in [0.2, 0.25) is 11.8 Å². The second-order valence-corrected chi connectivity index (χ2v) is 3.24. The van der Waals surface area contributed by atoms with Gasteiger partial charge in [-0.1, -0.05) is 0 Å². The van der Waals surface area contributed by atoms with Crippen LogP contribution in [0.15, 0.2) is 19.3 Å². The van der Waals surface area contributed by atoms with Crippen molar-refractivity contribution in [3.05, 3.63) is 11.8 Å². The molecule has 2 N–H and O–H groups in total. The molecule has 0 unspecified atom stereocenters. The van der Waals surface area contributed by atoms with Crippen LogP contribution in [0, 0.1) is 0 Å². The van der Waals surface area contributed by atoms with Gasteiger partial charge < -0.3 is 19.0 Å². The molecular weight excluding hydrogens is 224 g/mol. The highest BCUT2D eigenvalue weighted by atomic mass is 32.2. The maximum absolute atomic E-state index is 8.67. The van der Waals surface area contributed by atoms with Gasteiger partial charge in [-0.15, -0.1) is 20.4 Å². The van der Waals surface area contributed by atoms with E-state index in [1.807, 2.05) is 0 Å². The quantitative estimate of drug-likeness (QED) is 0.722. The molecule has 15 heavy (non-hydrogen) atoms. The fourth-order valence-corrected chi connectivity index (χ4v) is 1.35. The smallest absolute Gasteiger partial charge is 0.286 e. The first-order chi connectivity index (χ1) is 7.31. The van der Waals surface area contributed by atoms with Gasteiger partial charge in [-0.25, -0.2) is 0 Å². The minimum atomic E-state index is -0.320. The van der Waals surface area contributed by atoms with Gasteiger partial charge >= 0.3 is 0 Å². The van der Waals surface area contributed by atoms with Crippen LogP contribution >= 0.6 is 11.8 Å². The van der Waals surface area contributed by atoms with Crippen LogP contribution in [0.5, 0.6) is 0 Å². The highest BCUT2D eigenvalue weighted by Crippen LogP contribution is 2.24. The van der Waals surface area contributed by atoms with Crippen molar-refractivity contribution in [2.75, 3.05) is 0 Å². The molecule has 0 bridgehead atoms. The lowest BCUT2D eigenvalue weighted by Gasteiger charge is -1.86. The summed E-state index contributed by atoms with van der Waals surface area (Å²) in [5, 5.41) is 32.0. The third-order valence-electron chi connectivity index (χ3n) is 1.34. The summed E-state index contributed by atoms with van der Waals surface area (Å²) < 4.78 is 9.96. The molecule has 8 nitrogen and oxygen atoms in total. The Morgan fingerprint density at radius 1 is 0.867 bits per heavy atom. The summed E-state index contributed by atoms with van der Waals surface area (Å²) in [7, 11) is 0. The molecule has 0 aliphatic carbocycles. The van der Waals surface area contributed by atoms with Crippen molar-refractivity contribution >= 4 is 11.8 Å². The molecule has 0 atom stereocenters. The summed E-state index contributed by atoms with van der Waals surface area (Å²) in [5.41, 5.74) is 0. The lowest BCUT2D eigenvalue weighted by atomic mass is 10.7. The van der Waals surface area contributed by atoms with Crippen molar-refractivity contribution in [2.24, 2.45) is 0 Å². The largest absolute Gasteiger partial charge is 0.413 e. The van der Waals surface area contributed by atoms with E-state index in [-0.39, 0.29) is 35.4 Å². The summed E-state index contributed by atoms with van der Waals surface area (Å²) in [4.78, 5) is 0. The maximum Gasteiger partial charge on any atom is 0.286 e. The number of aliphatic hydroxyl groups excluding tert-OH is 2. The molecule has 2 aromatic rings. The Bertz CT molecular complexity index is 402. The first-order valence-corrected chi connectivity index (χ1v) is 4.68. The molecule has 0 radical (unpaired) electrons. The molecule has 0 amide bonds. The molecule has 0 aliphatic rings. The zero-order chi connectivity index (χ0) is 10.7. The molecule has 9 heteroatoms. The zero-order valence-corrected chi connectivity index (χ0v) is 8.14. The van der Waals surface area contributed by atoms with Crippen molar-refractivity contribution in [2.45, 2.75) is 23.7 Å². The Labute approximate surface area is 87.3 Å². The van der Waals surface area contributed by atoms with Crippen LogP contribution < -0.4 is 0 Å². The molecule has 0 saturated carbocycles. The Morgan fingerprint density at radius 2 is 1.33 bits per heavy atom. The summed E-state index contributed by atoms with van der Waals surface area (Å²) in [5.74, 6) is 0.221. The van der Waals surface area contributed by atoms with E-state index in [9.17, 15) is 0 Å². The van der Waals surface area contributed by atoms with Gasteiger partial charge in [-0.2, -0.15) is 0 Å². The second kappa shape index (κ2) is 4.38. The first kappa shape index (κ1) is 10.1. The van der Waals surface area contributed by atoms with Crippen molar-refractivity contribution in [3.8, 4) is 0 Å². The Kier molecular flexibility index (Phi) is 2.94. The summed E-state index contributed by atoms with van der Waals surface area (Å²) in [6, 6.07) is 0. The predicted octanol–water partition coefficient (Wildman–Crippen LogP) is -0.412. The minimum Gasteiger partial charge on any atom is -0.413 e. The number of hydrogen-bond acceptors (Lipinski definition) is 9. The van der Waals surface area contributed by atoms with Crippen molar-refractivity contribution < 1.29 is 19.0 Å². The molecular formula is C6H6N4O4S. The molecule has 0 aliphatic heterocycles. The Balaban J connectivity index is 2.07. The minimum absolute atomic E-state index is 0.111. The Hall–Kier alpha value is -1.45. The van der Waals surface area contributed by atoms with Crippen LogP contribution in [0.3, 0.4) is 0 Å². The van der Waals surface area contributed by atoms with Crippen LogP contribution in [0.2, 0.25) is 0 Å². The van der Waals surface area contributed by atoms with Gasteiger partial charge in [-0.05, 0) is 0 Å². The fraction of sp³-hybridized carbons (Fsp3) is 0.333. The molecule has 0 saturated heterocycles. The highest BCUT2D eigenvalue weighted by molar-refractivity contribution is 7.98. The summed E-state index contributed by atoms with van der Waals surface area (Å²) in [6.07, 6.45) is 0. The SMILES string of the molecule is OCc1nnc(Sc2nnc(CO)o2)o1. The van der Waals surface area contributed by atoms with E-state index in [0.29, 0.717) is 0 Å². The van der Waals surface area contributed by atoms with E-state index >= 15 is 0 Å². The average Bonchev–Trinajstić information content (AvgIpc) is 2.87. The van der Waals surface area contributed by atoms with Gasteiger partial charge in [0.15, 0.2) is 0 Å². The molecule has 0 aromatic carbocycles. The molecule has 2 heterocycles. The zero-order valence-electron chi connectivity index (χ0n) is 7.32. The van der Waals surface area contributed by atoms with Crippen LogP contribution in [-0.4, -0.2) is 30.6 Å². The van der Waals surface area contributed by atoms with E-state index in [1.165, 1.54) is 0 Å². The second-order valence-electron chi connectivity index (χ2n) is 2.34. The van der Waals surface area contributed by atoms with E-state index < -0.39 is 0 Å². The number of hydrogen-bond donors (Lipinski definition) is 2. The van der Waals surface area contributed by atoms with E-state index in [4.69, 9.17) is 19.0 Å². The third kappa shape index (κ3) is 2.32. The molecule has 0 fully saturated rings. The molecule has 0 spiro atoms. The van der Waals surface area contributed by atoms with Gasteiger partial charge in [0.1, 0.15) is 13.2 Å². The molecule has 2 rings (SSSR count). The maximum atomic E-state index is 8.67. The van der Waals surface area contributed by atoms with Gasteiger partial charge in [0, 0.05) is 11.8 Å². The van der Waals surface area contributed by atoms with Gasteiger partial charge in [-0.3, -0.25) is 0 Å². The van der Waals surface area contributed by atoms with Crippen molar-refractivity contribution in [1.29, 1.82) is 0 Å².